The van der Waals surface area contributed by atoms with Crippen LogP contribution in [0.4, 0.5) is 0 Å². The van der Waals surface area contributed by atoms with Gasteiger partial charge < -0.3 is 4.52 Å². The van der Waals surface area contributed by atoms with Crippen LogP contribution in [0.25, 0.3) is 0 Å². The lowest BCUT2D eigenvalue weighted by molar-refractivity contribution is 0.388. The maximum Gasteiger partial charge on any atom is 0.0917 e. The Morgan fingerprint density at radius 3 is 1.25 bits per heavy atom. The predicted molar refractivity (Wildman–Crippen MR) is 108 cm³/mol. The molecular weight excluding hydrogens is 311 g/mol. The van der Waals surface area contributed by atoms with Crippen molar-refractivity contribution in [1.82, 2.24) is 0 Å². The van der Waals surface area contributed by atoms with Gasteiger partial charge in [0.1, 0.15) is 0 Å². The maximum absolute atomic E-state index is 6.13. The Morgan fingerprint density at radius 2 is 1.00 bits per heavy atom. The Morgan fingerprint density at radius 1 is 0.667 bits per heavy atom. The van der Waals surface area contributed by atoms with Crippen LogP contribution in [0.3, 0.4) is 0 Å². The van der Waals surface area contributed by atoms with Crippen LogP contribution in [0.15, 0.2) is 48.5 Å². The fourth-order valence-corrected chi connectivity index (χ4v) is 4.32. The summed E-state index contributed by atoms with van der Waals surface area (Å²) >= 11 is 0. The molecule has 0 amide bonds. The molecule has 2 heteroatoms. The largest absolute Gasteiger partial charge is 0.350 e. The molecule has 0 saturated carbocycles. The van der Waals surface area contributed by atoms with Gasteiger partial charge in [0.05, 0.1) is 8.15 Å². The first-order chi connectivity index (χ1) is 11.1. The number of rotatable bonds is 4. The van der Waals surface area contributed by atoms with Gasteiger partial charge in [0, 0.05) is 17.2 Å². The molecule has 0 fully saturated rings. The van der Waals surface area contributed by atoms with Crippen molar-refractivity contribution in [2.75, 3.05) is 6.61 Å². The summed E-state index contributed by atoms with van der Waals surface area (Å²) in [4.78, 5) is 0. The fraction of sp³-hybridized carbons (Fsp3) is 0.455. The van der Waals surface area contributed by atoms with Crippen molar-refractivity contribution >= 4 is 18.8 Å². The molecule has 0 aliphatic heterocycles. The van der Waals surface area contributed by atoms with E-state index in [1.165, 1.54) is 21.7 Å². The Bertz CT molecular complexity index is 585. The molecule has 2 aromatic rings. The SMILES string of the molecule is CCOP(c1ccc(C(C)(C)C)cc1)c1ccc(C(C)(C)C)cc1. The molecule has 0 aromatic heterocycles. The van der Waals surface area contributed by atoms with E-state index in [0.29, 0.717) is 0 Å². The highest BCUT2D eigenvalue weighted by Crippen LogP contribution is 2.36. The molecule has 0 bridgehead atoms. The van der Waals surface area contributed by atoms with Crippen LogP contribution in [0, 0.1) is 0 Å². The molecule has 0 N–H and O–H groups in total. The van der Waals surface area contributed by atoms with E-state index in [2.05, 4.69) is 97.0 Å². The minimum Gasteiger partial charge on any atom is -0.350 e. The number of benzene rings is 2. The van der Waals surface area contributed by atoms with Crippen LogP contribution in [0.5, 0.6) is 0 Å². The van der Waals surface area contributed by atoms with E-state index in [1.54, 1.807) is 0 Å². The molecule has 0 radical (unpaired) electrons. The smallest absolute Gasteiger partial charge is 0.0917 e. The molecule has 2 aromatic carbocycles. The molecule has 0 heterocycles. The second-order valence-corrected chi connectivity index (χ2v) is 10.2. The van der Waals surface area contributed by atoms with Crippen molar-refractivity contribution in [1.29, 1.82) is 0 Å². The van der Waals surface area contributed by atoms with Crippen molar-refractivity contribution in [2.45, 2.75) is 59.3 Å². The Hall–Kier alpha value is -1.17. The summed E-state index contributed by atoms with van der Waals surface area (Å²) in [5.74, 6) is 0. The van der Waals surface area contributed by atoms with Gasteiger partial charge >= 0.3 is 0 Å². The van der Waals surface area contributed by atoms with Gasteiger partial charge in [0.15, 0.2) is 0 Å². The normalized spacial score (nSPS) is 12.7. The first-order valence-electron chi connectivity index (χ1n) is 8.77. The van der Waals surface area contributed by atoms with Crippen molar-refractivity contribution in [3.05, 3.63) is 59.7 Å². The van der Waals surface area contributed by atoms with Crippen LogP contribution in [-0.4, -0.2) is 6.61 Å². The second kappa shape index (κ2) is 7.38. The third kappa shape index (κ3) is 4.68. The van der Waals surface area contributed by atoms with Gasteiger partial charge in [-0.3, -0.25) is 0 Å². The van der Waals surface area contributed by atoms with E-state index in [-0.39, 0.29) is 10.8 Å². The Kier molecular flexibility index (Phi) is 5.89. The average Bonchev–Trinajstić information content (AvgIpc) is 2.51. The van der Waals surface area contributed by atoms with Gasteiger partial charge in [0.25, 0.3) is 0 Å². The van der Waals surface area contributed by atoms with E-state index in [0.717, 1.165) is 6.61 Å². The molecule has 0 atom stereocenters. The zero-order chi connectivity index (χ0) is 18.0. The lowest BCUT2D eigenvalue weighted by Crippen LogP contribution is -2.18. The van der Waals surface area contributed by atoms with Gasteiger partial charge in [-0.1, -0.05) is 90.1 Å². The standard InChI is InChI=1S/C22H31OP/c1-8-23-24(19-13-9-17(10-14-19)21(2,3)4)20-15-11-18(12-16-20)22(5,6)7/h9-16H,8H2,1-7H3. The van der Waals surface area contributed by atoms with Crippen molar-refractivity contribution in [3.8, 4) is 0 Å². The summed E-state index contributed by atoms with van der Waals surface area (Å²) in [5.41, 5.74) is 3.09. The van der Waals surface area contributed by atoms with Crippen molar-refractivity contribution in [3.63, 3.8) is 0 Å². The lowest BCUT2D eigenvalue weighted by Gasteiger charge is -2.23. The van der Waals surface area contributed by atoms with Crippen LogP contribution in [0.2, 0.25) is 0 Å². The van der Waals surface area contributed by atoms with Crippen molar-refractivity contribution < 1.29 is 4.52 Å². The topological polar surface area (TPSA) is 9.23 Å². The van der Waals surface area contributed by atoms with E-state index in [4.69, 9.17) is 4.52 Å². The highest BCUT2D eigenvalue weighted by Gasteiger charge is 2.19. The predicted octanol–water partition coefficient (Wildman–Crippen LogP) is 5.67. The van der Waals surface area contributed by atoms with Crippen LogP contribution in [-0.2, 0) is 15.4 Å². The fourth-order valence-electron chi connectivity index (χ4n) is 2.62. The number of hydrogen-bond acceptors (Lipinski definition) is 1. The van der Waals surface area contributed by atoms with E-state index >= 15 is 0 Å². The first kappa shape index (κ1) is 19.2. The molecule has 0 spiro atoms. The summed E-state index contributed by atoms with van der Waals surface area (Å²) in [6.45, 7) is 16.3. The van der Waals surface area contributed by atoms with Crippen LogP contribution in [0.1, 0.15) is 59.6 Å². The minimum absolute atomic E-state index is 0.182. The van der Waals surface area contributed by atoms with Crippen LogP contribution < -0.4 is 10.6 Å². The number of hydrogen-bond donors (Lipinski definition) is 0. The molecule has 0 aliphatic rings. The van der Waals surface area contributed by atoms with Gasteiger partial charge in [-0.2, -0.15) is 0 Å². The summed E-state index contributed by atoms with van der Waals surface area (Å²) in [5, 5.41) is 2.56. The Labute approximate surface area is 149 Å². The van der Waals surface area contributed by atoms with Gasteiger partial charge in [0.2, 0.25) is 0 Å². The summed E-state index contributed by atoms with van der Waals surface area (Å²) < 4.78 is 6.13. The minimum atomic E-state index is -0.747. The summed E-state index contributed by atoms with van der Waals surface area (Å²) in [7, 11) is -0.747. The first-order valence-corrected chi connectivity index (χ1v) is 10.0. The second-order valence-electron chi connectivity index (χ2n) is 8.31. The molecule has 0 saturated heterocycles. The monoisotopic (exact) mass is 342 g/mol. The molecular formula is C22H31OP. The van der Waals surface area contributed by atoms with E-state index in [9.17, 15) is 0 Å². The Balaban J connectivity index is 2.32. The van der Waals surface area contributed by atoms with E-state index in [1.807, 2.05) is 0 Å². The molecule has 130 valence electrons. The summed E-state index contributed by atoms with van der Waals surface area (Å²) in [6, 6.07) is 17.9. The van der Waals surface area contributed by atoms with Crippen LogP contribution >= 0.6 is 8.15 Å². The highest BCUT2D eigenvalue weighted by molar-refractivity contribution is 7.68. The maximum atomic E-state index is 6.13. The molecule has 2 rings (SSSR count). The third-order valence-electron chi connectivity index (χ3n) is 4.19. The van der Waals surface area contributed by atoms with Gasteiger partial charge in [-0.05, 0) is 28.9 Å². The third-order valence-corrected chi connectivity index (χ3v) is 6.24. The quantitative estimate of drug-likeness (QED) is 0.651. The average molecular weight is 342 g/mol. The summed E-state index contributed by atoms with van der Waals surface area (Å²) in [6.07, 6.45) is 0. The van der Waals surface area contributed by atoms with E-state index < -0.39 is 8.15 Å². The van der Waals surface area contributed by atoms with Crippen molar-refractivity contribution in [2.24, 2.45) is 0 Å². The molecule has 0 aliphatic carbocycles. The lowest BCUT2D eigenvalue weighted by atomic mass is 9.87. The highest BCUT2D eigenvalue weighted by atomic mass is 31.1. The zero-order valence-corrected chi connectivity index (χ0v) is 17.1. The zero-order valence-electron chi connectivity index (χ0n) is 16.2. The van der Waals surface area contributed by atoms with Gasteiger partial charge in [-0.15, -0.1) is 0 Å². The molecule has 24 heavy (non-hydrogen) atoms. The molecule has 0 unspecified atom stereocenters. The molecule has 1 nitrogen and oxygen atoms in total. The van der Waals surface area contributed by atoms with Gasteiger partial charge in [-0.25, -0.2) is 0 Å².